The fourth-order valence-electron chi connectivity index (χ4n) is 1.16. The van der Waals surface area contributed by atoms with Crippen molar-refractivity contribution in [3.8, 4) is 0 Å². The first-order chi connectivity index (χ1) is 6.65. The van der Waals surface area contributed by atoms with Crippen molar-refractivity contribution in [1.82, 2.24) is 10.2 Å². The van der Waals surface area contributed by atoms with Gasteiger partial charge in [0.1, 0.15) is 12.0 Å². The zero-order chi connectivity index (χ0) is 10.6. The minimum absolute atomic E-state index is 0.00269. The molecule has 1 N–H and O–H groups in total. The van der Waals surface area contributed by atoms with Crippen LogP contribution in [-0.4, -0.2) is 38.0 Å². The first-order valence-corrected chi connectivity index (χ1v) is 4.60. The molecule has 0 aliphatic carbocycles. The van der Waals surface area contributed by atoms with Gasteiger partial charge >= 0.3 is 0 Å². The number of likely N-dealkylation sites (N-methyl/N-ethyl adjacent to an activating group) is 2. The van der Waals surface area contributed by atoms with Crippen LogP contribution >= 0.6 is 0 Å². The van der Waals surface area contributed by atoms with Crippen LogP contribution in [0.4, 0.5) is 0 Å². The predicted octanol–water partition coefficient (Wildman–Crippen LogP) is 0.879. The number of carbonyl (C=O) groups excluding carboxylic acids is 1. The van der Waals surface area contributed by atoms with Crippen molar-refractivity contribution in [2.45, 2.75) is 6.92 Å². The standard InChI is InChI=1S/C10H16N2O2/c1-8-6-9(7-14-8)10(13)12(3)5-4-11-2/h6-7,11H,4-5H2,1-3H3. The van der Waals surface area contributed by atoms with Crippen LogP contribution in [0.15, 0.2) is 16.7 Å². The van der Waals surface area contributed by atoms with Gasteiger partial charge in [0, 0.05) is 20.1 Å². The van der Waals surface area contributed by atoms with Crippen molar-refractivity contribution >= 4 is 5.91 Å². The van der Waals surface area contributed by atoms with Crippen LogP contribution in [0.5, 0.6) is 0 Å². The third kappa shape index (κ3) is 2.60. The molecule has 14 heavy (non-hydrogen) atoms. The van der Waals surface area contributed by atoms with E-state index in [1.807, 2.05) is 14.0 Å². The van der Waals surface area contributed by atoms with Gasteiger partial charge in [0.2, 0.25) is 0 Å². The summed E-state index contributed by atoms with van der Waals surface area (Å²) in [4.78, 5) is 13.4. The molecule has 0 saturated heterocycles. The molecule has 0 bridgehead atoms. The number of rotatable bonds is 4. The molecule has 0 spiro atoms. The number of nitrogens with zero attached hydrogens (tertiary/aromatic N) is 1. The minimum Gasteiger partial charge on any atom is -0.469 e. The van der Waals surface area contributed by atoms with E-state index in [-0.39, 0.29) is 5.91 Å². The summed E-state index contributed by atoms with van der Waals surface area (Å²) >= 11 is 0. The summed E-state index contributed by atoms with van der Waals surface area (Å²) in [6, 6.07) is 1.75. The van der Waals surface area contributed by atoms with Crippen LogP contribution in [0.1, 0.15) is 16.1 Å². The lowest BCUT2D eigenvalue weighted by molar-refractivity contribution is 0.0796. The lowest BCUT2D eigenvalue weighted by Crippen LogP contribution is -2.32. The Morgan fingerprint density at radius 3 is 2.86 bits per heavy atom. The van der Waals surface area contributed by atoms with E-state index in [9.17, 15) is 4.79 Å². The van der Waals surface area contributed by atoms with E-state index in [1.54, 1.807) is 18.0 Å². The van der Waals surface area contributed by atoms with Gasteiger partial charge in [0.25, 0.3) is 5.91 Å². The lowest BCUT2D eigenvalue weighted by atomic mass is 10.3. The van der Waals surface area contributed by atoms with Gasteiger partial charge in [0.15, 0.2) is 0 Å². The molecular formula is C10H16N2O2. The SMILES string of the molecule is CNCCN(C)C(=O)c1coc(C)c1. The molecule has 1 rings (SSSR count). The van der Waals surface area contributed by atoms with E-state index in [4.69, 9.17) is 4.42 Å². The number of aryl methyl sites for hydroxylation is 1. The summed E-state index contributed by atoms with van der Waals surface area (Å²) in [5.74, 6) is 0.757. The molecule has 0 radical (unpaired) electrons. The highest BCUT2D eigenvalue weighted by Crippen LogP contribution is 2.08. The van der Waals surface area contributed by atoms with Crippen LogP contribution in [0.25, 0.3) is 0 Å². The molecule has 0 fully saturated rings. The van der Waals surface area contributed by atoms with Gasteiger partial charge in [-0.3, -0.25) is 4.79 Å². The van der Waals surface area contributed by atoms with E-state index < -0.39 is 0 Å². The molecular weight excluding hydrogens is 180 g/mol. The normalized spacial score (nSPS) is 10.2. The summed E-state index contributed by atoms with van der Waals surface area (Å²) in [5, 5.41) is 2.99. The van der Waals surface area contributed by atoms with Gasteiger partial charge in [0.05, 0.1) is 5.56 Å². The monoisotopic (exact) mass is 196 g/mol. The third-order valence-electron chi connectivity index (χ3n) is 2.02. The van der Waals surface area contributed by atoms with E-state index in [0.29, 0.717) is 12.1 Å². The van der Waals surface area contributed by atoms with E-state index in [1.165, 1.54) is 6.26 Å². The maximum absolute atomic E-state index is 11.7. The third-order valence-corrected chi connectivity index (χ3v) is 2.02. The number of amides is 1. The molecule has 0 aromatic carbocycles. The van der Waals surface area contributed by atoms with Crippen molar-refractivity contribution < 1.29 is 9.21 Å². The van der Waals surface area contributed by atoms with Crippen molar-refractivity contribution in [3.05, 3.63) is 23.7 Å². The van der Waals surface area contributed by atoms with Crippen molar-refractivity contribution in [3.63, 3.8) is 0 Å². The molecule has 1 aromatic heterocycles. The number of furan rings is 1. The number of carbonyl (C=O) groups is 1. The molecule has 0 saturated carbocycles. The van der Waals surface area contributed by atoms with Crippen LogP contribution in [0.3, 0.4) is 0 Å². The molecule has 0 aliphatic heterocycles. The molecule has 4 heteroatoms. The van der Waals surface area contributed by atoms with Crippen molar-refractivity contribution in [2.24, 2.45) is 0 Å². The fourth-order valence-corrected chi connectivity index (χ4v) is 1.16. The smallest absolute Gasteiger partial charge is 0.256 e. The summed E-state index contributed by atoms with van der Waals surface area (Å²) in [6.07, 6.45) is 1.49. The molecule has 0 unspecified atom stereocenters. The molecule has 0 aliphatic rings. The summed E-state index contributed by atoms with van der Waals surface area (Å²) in [6.45, 7) is 3.31. The number of hydrogen-bond donors (Lipinski definition) is 1. The Balaban J connectivity index is 2.56. The van der Waals surface area contributed by atoms with E-state index >= 15 is 0 Å². The largest absolute Gasteiger partial charge is 0.469 e. The Morgan fingerprint density at radius 2 is 2.36 bits per heavy atom. The number of hydrogen-bond acceptors (Lipinski definition) is 3. The highest BCUT2D eigenvalue weighted by atomic mass is 16.3. The second-order valence-corrected chi connectivity index (χ2v) is 3.28. The van der Waals surface area contributed by atoms with Gasteiger partial charge in [-0.05, 0) is 20.0 Å². The first-order valence-electron chi connectivity index (χ1n) is 4.60. The molecule has 1 heterocycles. The summed E-state index contributed by atoms with van der Waals surface area (Å²) in [5.41, 5.74) is 0.612. The van der Waals surface area contributed by atoms with Gasteiger partial charge in [-0.15, -0.1) is 0 Å². The van der Waals surface area contributed by atoms with Crippen molar-refractivity contribution in [2.75, 3.05) is 27.2 Å². The molecule has 4 nitrogen and oxygen atoms in total. The van der Waals surface area contributed by atoms with Crippen LogP contribution in [-0.2, 0) is 0 Å². The second kappa shape index (κ2) is 4.81. The average molecular weight is 196 g/mol. The van der Waals surface area contributed by atoms with Crippen molar-refractivity contribution in [1.29, 1.82) is 0 Å². The summed E-state index contributed by atoms with van der Waals surface area (Å²) in [7, 11) is 3.64. The van der Waals surface area contributed by atoms with Gasteiger partial charge in [-0.25, -0.2) is 0 Å². The maximum atomic E-state index is 11.7. The highest BCUT2D eigenvalue weighted by molar-refractivity contribution is 5.93. The quantitative estimate of drug-likeness (QED) is 0.777. The topological polar surface area (TPSA) is 45.5 Å². The van der Waals surface area contributed by atoms with Crippen LogP contribution < -0.4 is 5.32 Å². The Morgan fingerprint density at radius 1 is 1.64 bits per heavy atom. The minimum atomic E-state index is -0.00269. The van der Waals surface area contributed by atoms with Gasteiger partial charge < -0.3 is 14.6 Å². The first kappa shape index (κ1) is 10.8. The van der Waals surface area contributed by atoms with Gasteiger partial charge in [-0.1, -0.05) is 0 Å². The number of nitrogens with one attached hydrogen (secondary N) is 1. The second-order valence-electron chi connectivity index (χ2n) is 3.28. The molecule has 1 amide bonds. The van der Waals surface area contributed by atoms with E-state index in [0.717, 1.165) is 12.3 Å². The van der Waals surface area contributed by atoms with E-state index in [2.05, 4.69) is 5.32 Å². The fraction of sp³-hybridized carbons (Fsp3) is 0.500. The molecule has 1 aromatic rings. The predicted molar refractivity (Wildman–Crippen MR) is 54.3 cm³/mol. The average Bonchev–Trinajstić information content (AvgIpc) is 2.60. The molecule has 78 valence electrons. The Bertz CT molecular complexity index is 307. The maximum Gasteiger partial charge on any atom is 0.256 e. The van der Waals surface area contributed by atoms with Crippen LogP contribution in [0, 0.1) is 6.92 Å². The zero-order valence-corrected chi connectivity index (χ0v) is 8.83. The zero-order valence-electron chi connectivity index (χ0n) is 8.83. The Labute approximate surface area is 83.9 Å². The van der Waals surface area contributed by atoms with Gasteiger partial charge in [-0.2, -0.15) is 0 Å². The Kier molecular flexibility index (Phi) is 3.71. The lowest BCUT2D eigenvalue weighted by Gasteiger charge is -2.15. The summed E-state index contributed by atoms with van der Waals surface area (Å²) < 4.78 is 5.08. The Hall–Kier alpha value is -1.29. The molecule has 0 atom stereocenters. The highest BCUT2D eigenvalue weighted by Gasteiger charge is 2.12. The van der Waals surface area contributed by atoms with Crippen LogP contribution in [0.2, 0.25) is 0 Å².